The monoisotopic (exact) mass is 317 g/mol. The van der Waals surface area contributed by atoms with E-state index in [4.69, 9.17) is 0 Å². The number of hydrogen-bond acceptors (Lipinski definition) is 4. The smallest absolute Gasteiger partial charge is 0.260 e. The van der Waals surface area contributed by atoms with Gasteiger partial charge in [0, 0.05) is 24.3 Å². The van der Waals surface area contributed by atoms with E-state index in [1.807, 2.05) is 25.6 Å². The van der Waals surface area contributed by atoms with Crippen LogP contribution in [-0.2, 0) is 10.0 Å². The van der Waals surface area contributed by atoms with Crippen molar-refractivity contribution in [2.45, 2.75) is 55.3 Å². The van der Waals surface area contributed by atoms with Gasteiger partial charge in [0.05, 0.1) is 6.20 Å². The molecule has 7 heteroatoms. The molecule has 0 radical (unpaired) electrons. The SMILES string of the molecule is CS[C@H]1CC[C@@H](N(C)S(=O)(=O)c2cnc(C(C)C)[nH]2)C1. The summed E-state index contributed by atoms with van der Waals surface area (Å²) in [6.07, 6.45) is 6.48. The summed E-state index contributed by atoms with van der Waals surface area (Å²) in [5, 5.41) is 0.780. The fraction of sp³-hybridized carbons (Fsp3) is 0.769. The summed E-state index contributed by atoms with van der Waals surface area (Å²) in [7, 11) is -1.78. The molecule has 20 heavy (non-hydrogen) atoms. The average Bonchev–Trinajstić information content (AvgIpc) is 3.06. The minimum absolute atomic E-state index is 0.100. The van der Waals surface area contributed by atoms with Crippen LogP contribution >= 0.6 is 11.8 Å². The van der Waals surface area contributed by atoms with Crippen molar-refractivity contribution in [1.82, 2.24) is 14.3 Å². The molecule has 0 aromatic carbocycles. The van der Waals surface area contributed by atoms with Crippen LogP contribution in [0, 0.1) is 0 Å². The summed E-state index contributed by atoms with van der Waals surface area (Å²) in [5.74, 6) is 0.905. The third kappa shape index (κ3) is 3.04. The number of hydrogen-bond donors (Lipinski definition) is 1. The Kier molecular flexibility index (Phi) is 4.81. The first kappa shape index (κ1) is 15.9. The molecule has 2 rings (SSSR count). The predicted molar refractivity (Wildman–Crippen MR) is 82.6 cm³/mol. The minimum Gasteiger partial charge on any atom is -0.332 e. The van der Waals surface area contributed by atoms with Crippen LogP contribution < -0.4 is 0 Å². The first-order valence-corrected chi connectivity index (χ1v) is 9.64. The fourth-order valence-electron chi connectivity index (χ4n) is 2.56. The van der Waals surface area contributed by atoms with E-state index in [-0.39, 0.29) is 17.0 Å². The van der Waals surface area contributed by atoms with Gasteiger partial charge in [-0.25, -0.2) is 13.4 Å². The molecule has 1 heterocycles. The van der Waals surface area contributed by atoms with Crippen LogP contribution in [0.3, 0.4) is 0 Å². The second-order valence-corrected chi connectivity index (χ2v) is 8.74. The van der Waals surface area contributed by atoms with E-state index in [1.54, 1.807) is 7.05 Å². The maximum atomic E-state index is 12.6. The molecule has 1 aliphatic rings. The van der Waals surface area contributed by atoms with Gasteiger partial charge in [0.2, 0.25) is 0 Å². The molecule has 0 bridgehead atoms. The molecule has 5 nitrogen and oxygen atoms in total. The molecule has 1 aliphatic carbocycles. The number of nitrogens with one attached hydrogen (secondary N) is 1. The highest BCUT2D eigenvalue weighted by molar-refractivity contribution is 7.99. The highest BCUT2D eigenvalue weighted by Gasteiger charge is 2.34. The van der Waals surface area contributed by atoms with Gasteiger partial charge in [-0.15, -0.1) is 0 Å². The molecule has 0 aliphatic heterocycles. The number of sulfonamides is 1. The molecule has 1 saturated carbocycles. The Morgan fingerprint density at radius 1 is 1.45 bits per heavy atom. The zero-order valence-electron chi connectivity index (χ0n) is 12.5. The van der Waals surface area contributed by atoms with E-state index in [0.29, 0.717) is 11.1 Å². The van der Waals surface area contributed by atoms with E-state index in [2.05, 4.69) is 16.2 Å². The van der Waals surface area contributed by atoms with Crippen molar-refractivity contribution in [3.05, 3.63) is 12.0 Å². The summed E-state index contributed by atoms with van der Waals surface area (Å²) < 4.78 is 26.7. The molecule has 2 atom stereocenters. The van der Waals surface area contributed by atoms with Crippen molar-refractivity contribution in [2.24, 2.45) is 0 Å². The van der Waals surface area contributed by atoms with Gasteiger partial charge < -0.3 is 4.98 Å². The largest absolute Gasteiger partial charge is 0.332 e. The van der Waals surface area contributed by atoms with Crippen molar-refractivity contribution in [2.75, 3.05) is 13.3 Å². The Bertz CT molecular complexity index is 554. The van der Waals surface area contributed by atoms with E-state index in [0.717, 1.165) is 19.3 Å². The lowest BCUT2D eigenvalue weighted by molar-refractivity contribution is 0.372. The van der Waals surface area contributed by atoms with Crippen molar-refractivity contribution in [3.63, 3.8) is 0 Å². The molecule has 0 spiro atoms. The zero-order valence-corrected chi connectivity index (χ0v) is 14.1. The van der Waals surface area contributed by atoms with Crippen LogP contribution in [0.1, 0.15) is 44.9 Å². The number of aromatic amines is 1. The summed E-state index contributed by atoms with van der Waals surface area (Å²) in [5.41, 5.74) is 0. The Balaban J connectivity index is 2.17. The Labute approximate surface area is 125 Å². The van der Waals surface area contributed by atoms with Crippen molar-refractivity contribution in [3.8, 4) is 0 Å². The zero-order chi connectivity index (χ0) is 14.9. The van der Waals surface area contributed by atoms with E-state index < -0.39 is 10.0 Å². The summed E-state index contributed by atoms with van der Waals surface area (Å²) >= 11 is 1.83. The first-order chi connectivity index (χ1) is 9.36. The van der Waals surface area contributed by atoms with E-state index in [1.165, 1.54) is 10.5 Å². The van der Waals surface area contributed by atoms with Gasteiger partial charge >= 0.3 is 0 Å². The number of thioether (sulfide) groups is 1. The van der Waals surface area contributed by atoms with Crippen LogP contribution in [0.5, 0.6) is 0 Å². The van der Waals surface area contributed by atoms with Gasteiger partial charge in [-0.1, -0.05) is 13.8 Å². The van der Waals surface area contributed by atoms with Crippen molar-refractivity contribution >= 4 is 21.8 Å². The molecule has 0 amide bonds. The van der Waals surface area contributed by atoms with Gasteiger partial charge in [-0.3, -0.25) is 0 Å². The molecule has 1 N–H and O–H groups in total. The molecule has 0 saturated heterocycles. The quantitative estimate of drug-likeness (QED) is 0.906. The summed E-state index contributed by atoms with van der Waals surface area (Å²) in [4.78, 5) is 7.09. The van der Waals surface area contributed by atoms with Crippen LogP contribution in [0.25, 0.3) is 0 Å². The lowest BCUT2D eigenvalue weighted by atomic mass is 10.2. The van der Waals surface area contributed by atoms with Gasteiger partial charge in [0.25, 0.3) is 10.0 Å². The van der Waals surface area contributed by atoms with Crippen LogP contribution in [0.15, 0.2) is 11.2 Å². The Morgan fingerprint density at radius 3 is 2.65 bits per heavy atom. The third-order valence-electron chi connectivity index (χ3n) is 3.98. The van der Waals surface area contributed by atoms with E-state index in [9.17, 15) is 8.42 Å². The average molecular weight is 317 g/mol. The standard InChI is InChI=1S/C13H23N3O2S2/c1-9(2)13-14-8-12(15-13)20(17,18)16(3)10-5-6-11(7-10)19-4/h8-11H,5-7H2,1-4H3,(H,14,15)/t10-,11+/m1/s1. The first-order valence-electron chi connectivity index (χ1n) is 6.92. The Morgan fingerprint density at radius 2 is 2.15 bits per heavy atom. The normalized spacial score (nSPS) is 23.9. The highest BCUT2D eigenvalue weighted by Crippen LogP contribution is 2.33. The molecular formula is C13H23N3O2S2. The maximum absolute atomic E-state index is 12.6. The third-order valence-corrected chi connectivity index (χ3v) is 6.89. The number of imidazole rings is 1. The van der Waals surface area contributed by atoms with Gasteiger partial charge in [-0.2, -0.15) is 16.1 Å². The second-order valence-electron chi connectivity index (χ2n) is 5.63. The van der Waals surface area contributed by atoms with Gasteiger partial charge in [-0.05, 0) is 25.5 Å². The van der Waals surface area contributed by atoms with Crippen molar-refractivity contribution < 1.29 is 8.42 Å². The predicted octanol–water partition coefficient (Wildman–Crippen LogP) is 2.44. The number of H-pyrrole nitrogens is 1. The molecule has 1 fully saturated rings. The minimum atomic E-state index is -3.46. The fourth-order valence-corrected chi connectivity index (χ4v) is 4.66. The Hall–Kier alpha value is -0.530. The molecule has 1 aromatic rings. The lowest BCUT2D eigenvalue weighted by Gasteiger charge is -2.23. The maximum Gasteiger partial charge on any atom is 0.260 e. The summed E-state index contributed by atoms with van der Waals surface area (Å²) in [6.45, 7) is 3.97. The van der Waals surface area contributed by atoms with Crippen LogP contribution in [-0.4, -0.2) is 47.3 Å². The van der Waals surface area contributed by atoms with Gasteiger partial charge in [0.1, 0.15) is 5.82 Å². The highest BCUT2D eigenvalue weighted by atomic mass is 32.2. The van der Waals surface area contributed by atoms with Crippen LogP contribution in [0.4, 0.5) is 0 Å². The van der Waals surface area contributed by atoms with E-state index >= 15 is 0 Å². The molecular weight excluding hydrogens is 294 g/mol. The molecule has 0 unspecified atom stereocenters. The topological polar surface area (TPSA) is 66.1 Å². The van der Waals surface area contributed by atoms with Gasteiger partial charge in [0.15, 0.2) is 5.03 Å². The van der Waals surface area contributed by atoms with Crippen LogP contribution in [0.2, 0.25) is 0 Å². The van der Waals surface area contributed by atoms with Crippen molar-refractivity contribution in [1.29, 1.82) is 0 Å². The number of aromatic nitrogens is 2. The molecule has 114 valence electrons. The molecule has 1 aromatic heterocycles. The summed E-state index contributed by atoms with van der Waals surface area (Å²) in [6, 6.07) is 0.100. The second kappa shape index (κ2) is 6.07. The number of rotatable bonds is 5. The number of nitrogens with zero attached hydrogens (tertiary/aromatic N) is 2. The lowest BCUT2D eigenvalue weighted by Crippen LogP contribution is -2.35.